The van der Waals surface area contributed by atoms with Crippen LogP contribution in [0.4, 0.5) is 4.39 Å². The second-order valence-electron chi connectivity index (χ2n) is 4.39. The van der Waals surface area contributed by atoms with Crippen molar-refractivity contribution in [2.75, 3.05) is 26.9 Å². The van der Waals surface area contributed by atoms with Crippen LogP contribution in [0.1, 0.15) is 19.4 Å². The van der Waals surface area contributed by atoms with E-state index >= 15 is 0 Å². The quantitative estimate of drug-likeness (QED) is 0.621. The van der Waals surface area contributed by atoms with Crippen molar-refractivity contribution >= 4 is 17.6 Å². The molecule has 1 atom stereocenters. The van der Waals surface area contributed by atoms with E-state index in [4.69, 9.17) is 21.1 Å². The summed E-state index contributed by atoms with van der Waals surface area (Å²) in [5.41, 5.74) is -0.686. The minimum atomic E-state index is -1.15. The fourth-order valence-corrected chi connectivity index (χ4v) is 2.21. The third kappa shape index (κ3) is 3.91. The van der Waals surface area contributed by atoms with Gasteiger partial charge in [0.1, 0.15) is 11.4 Å². The van der Waals surface area contributed by atoms with Gasteiger partial charge in [0.25, 0.3) is 0 Å². The molecule has 0 amide bonds. The first-order valence-corrected chi connectivity index (χ1v) is 6.70. The van der Waals surface area contributed by atoms with Crippen LogP contribution in [0.5, 0.6) is 0 Å². The molecule has 4 nitrogen and oxygen atoms in total. The molecule has 0 saturated heterocycles. The number of carbonyl (C=O) groups is 1. The Hall–Kier alpha value is -1.17. The van der Waals surface area contributed by atoms with Crippen LogP contribution >= 0.6 is 11.6 Å². The number of ether oxygens (including phenoxy) is 2. The van der Waals surface area contributed by atoms with Crippen LogP contribution in [0.3, 0.4) is 0 Å². The Morgan fingerprint density at radius 2 is 2.20 bits per heavy atom. The Kier molecular flexibility index (Phi) is 6.39. The summed E-state index contributed by atoms with van der Waals surface area (Å²) in [6.45, 7) is 4.48. The van der Waals surface area contributed by atoms with Gasteiger partial charge in [0.2, 0.25) is 0 Å². The van der Waals surface area contributed by atoms with E-state index in [-0.39, 0.29) is 11.6 Å². The lowest BCUT2D eigenvalue weighted by molar-refractivity contribution is -0.151. The summed E-state index contributed by atoms with van der Waals surface area (Å²) in [6, 6.07) is 3.91. The maximum atomic E-state index is 13.2. The Labute approximate surface area is 123 Å². The predicted molar refractivity (Wildman–Crippen MR) is 75.3 cm³/mol. The highest BCUT2D eigenvalue weighted by atomic mass is 35.5. The molecule has 1 N–H and O–H groups in total. The lowest BCUT2D eigenvalue weighted by Crippen LogP contribution is -2.49. The summed E-state index contributed by atoms with van der Waals surface area (Å²) in [6.07, 6.45) is 0. The van der Waals surface area contributed by atoms with Gasteiger partial charge in [-0.05, 0) is 26.0 Å². The smallest absolute Gasteiger partial charge is 0.330 e. The lowest BCUT2D eigenvalue weighted by atomic mass is 9.91. The Bertz CT molecular complexity index is 470. The second-order valence-corrected chi connectivity index (χ2v) is 4.80. The highest BCUT2D eigenvalue weighted by Gasteiger charge is 2.38. The Morgan fingerprint density at radius 3 is 2.75 bits per heavy atom. The molecule has 0 saturated carbocycles. The number of hydrogen-bond donors (Lipinski definition) is 1. The summed E-state index contributed by atoms with van der Waals surface area (Å²) < 4.78 is 23.2. The van der Waals surface area contributed by atoms with E-state index in [0.717, 1.165) is 0 Å². The van der Waals surface area contributed by atoms with Crippen molar-refractivity contribution in [3.8, 4) is 0 Å². The van der Waals surface area contributed by atoms with E-state index in [1.807, 2.05) is 0 Å². The zero-order valence-electron chi connectivity index (χ0n) is 11.8. The minimum Gasteiger partial charge on any atom is -0.464 e. The highest BCUT2D eigenvalue weighted by Crippen LogP contribution is 2.30. The second kappa shape index (κ2) is 7.57. The van der Waals surface area contributed by atoms with Crippen LogP contribution in [-0.4, -0.2) is 32.8 Å². The van der Waals surface area contributed by atoms with Gasteiger partial charge in [-0.1, -0.05) is 17.7 Å². The molecular formula is C14H19ClFNO3. The summed E-state index contributed by atoms with van der Waals surface area (Å²) in [5.74, 6) is -0.925. The van der Waals surface area contributed by atoms with E-state index in [9.17, 15) is 9.18 Å². The fraction of sp³-hybridized carbons (Fsp3) is 0.500. The number of esters is 1. The molecule has 0 radical (unpaired) electrons. The fourth-order valence-electron chi connectivity index (χ4n) is 1.85. The highest BCUT2D eigenvalue weighted by molar-refractivity contribution is 6.31. The minimum absolute atomic E-state index is 0.172. The SMILES string of the molecule is CCOC(=O)C(C)(NCCOC)c1ccc(F)cc1Cl. The van der Waals surface area contributed by atoms with Crippen LogP contribution in [0.2, 0.25) is 5.02 Å². The van der Waals surface area contributed by atoms with E-state index in [1.165, 1.54) is 18.2 Å². The van der Waals surface area contributed by atoms with Gasteiger partial charge < -0.3 is 9.47 Å². The molecule has 0 bridgehead atoms. The Balaban J connectivity index is 3.11. The molecule has 0 aromatic heterocycles. The van der Waals surface area contributed by atoms with Crippen molar-refractivity contribution in [3.05, 3.63) is 34.6 Å². The first-order chi connectivity index (χ1) is 9.45. The molecule has 0 aliphatic heterocycles. The van der Waals surface area contributed by atoms with Gasteiger partial charge in [0.15, 0.2) is 0 Å². The molecule has 112 valence electrons. The monoisotopic (exact) mass is 303 g/mol. The molecule has 0 aliphatic carbocycles. The molecule has 1 unspecified atom stereocenters. The third-order valence-electron chi connectivity index (χ3n) is 2.94. The normalized spacial score (nSPS) is 13.8. The van der Waals surface area contributed by atoms with Gasteiger partial charge in [-0.3, -0.25) is 5.32 Å². The van der Waals surface area contributed by atoms with E-state index < -0.39 is 17.3 Å². The number of carbonyl (C=O) groups excluding carboxylic acids is 1. The van der Waals surface area contributed by atoms with Crippen molar-refractivity contribution in [1.82, 2.24) is 5.32 Å². The molecular weight excluding hydrogens is 285 g/mol. The molecule has 6 heteroatoms. The van der Waals surface area contributed by atoms with Crippen LogP contribution in [0.25, 0.3) is 0 Å². The number of nitrogens with one attached hydrogen (secondary N) is 1. The molecule has 0 fully saturated rings. The van der Waals surface area contributed by atoms with Crippen molar-refractivity contribution in [1.29, 1.82) is 0 Å². The van der Waals surface area contributed by atoms with E-state index in [2.05, 4.69) is 5.32 Å². The largest absolute Gasteiger partial charge is 0.464 e. The van der Waals surface area contributed by atoms with Crippen molar-refractivity contribution in [2.24, 2.45) is 0 Å². The van der Waals surface area contributed by atoms with Crippen molar-refractivity contribution in [3.63, 3.8) is 0 Å². The van der Waals surface area contributed by atoms with Gasteiger partial charge in [-0.25, -0.2) is 9.18 Å². The van der Waals surface area contributed by atoms with Gasteiger partial charge in [-0.2, -0.15) is 0 Å². The van der Waals surface area contributed by atoms with E-state index in [1.54, 1.807) is 21.0 Å². The topological polar surface area (TPSA) is 47.6 Å². The zero-order chi connectivity index (χ0) is 15.2. The zero-order valence-corrected chi connectivity index (χ0v) is 12.6. The number of benzene rings is 1. The van der Waals surface area contributed by atoms with Crippen molar-refractivity contribution < 1.29 is 18.7 Å². The van der Waals surface area contributed by atoms with Crippen LogP contribution < -0.4 is 5.32 Å². The lowest BCUT2D eigenvalue weighted by Gasteiger charge is -2.29. The van der Waals surface area contributed by atoms with Crippen LogP contribution in [0, 0.1) is 5.82 Å². The maximum absolute atomic E-state index is 13.2. The number of methoxy groups -OCH3 is 1. The average molecular weight is 304 g/mol. The average Bonchev–Trinajstić information content (AvgIpc) is 2.39. The Morgan fingerprint density at radius 1 is 1.50 bits per heavy atom. The van der Waals surface area contributed by atoms with Gasteiger partial charge in [-0.15, -0.1) is 0 Å². The van der Waals surface area contributed by atoms with Gasteiger partial charge in [0, 0.05) is 24.2 Å². The molecule has 1 aromatic carbocycles. The first kappa shape index (κ1) is 16.9. The summed E-state index contributed by atoms with van der Waals surface area (Å²) in [7, 11) is 1.56. The first-order valence-electron chi connectivity index (χ1n) is 6.32. The summed E-state index contributed by atoms with van der Waals surface area (Å²) in [4.78, 5) is 12.2. The van der Waals surface area contributed by atoms with Gasteiger partial charge >= 0.3 is 5.97 Å². The van der Waals surface area contributed by atoms with Crippen LogP contribution in [0.15, 0.2) is 18.2 Å². The predicted octanol–water partition coefficient (Wildman–Crippen LogP) is 2.49. The standard InChI is InChI=1S/C14H19ClFNO3/c1-4-20-13(18)14(2,17-7-8-19-3)11-6-5-10(16)9-12(11)15/h5-6,9,17H,4,7-8H2,1-3H3. The van der Waals surface area contributed by atoms with E-state index in [0.29, 0.717) is 18.7 Å². The van der Waals surface area contributed by atoms with Crippen molar-refractivity contribution in [2.45, 2.75) is 19.4 Å². The van der Waals surface area contributed by atoms with Gasteiger partial charge in [0.05, 0.1) is 13.2 Å². The number of halogens is 2. The molecule has 20 heavy (non-hydrogen) atoms. The maximum Gasteiger partial charge on any atom is 0.330 e. The molecule has 1 rings (SSSR count). The summed E-state index contributed by atoms with van der Waals surface area (Å²) >= 11 is 6.05. The molecule has 0 spiro atoms. The van der Waals surface area contributed by atoms with Crippen LogP contribution in [-0.2, 0) is 19.8 Å². The third-order valence-corrected chi connectivity index (χ3v) is 3.25. The molecule has 1 aromatic rings. The number of hydrogen-bond acceptors (Lipinski definition) is 4. The molecule has 0 aliphatic rings. The summed E-state index contributed by atoms with van der Waals surface area (Å²) in [5, 5.41) is 3.22. The molecule has 0 heterocycles. The number of rotatable bonds is 7.